The van der Waals surface area contributed by atoms with Gasteiger partial charge >= 0.3 is 0 Å². The molecule has 5 heteroatoms. The molecule has 1 aliphatic carbocycles. The van der Waals surface area contributed by atoms with Crippen molar-refractivity contribution in [2.45, 2.75) is 39.0 Å². The molecule has 0 saturated carbocycles. The van der Waals surface area contributed by atoms with Gasteiger partial charge in [-0.25, -0.2) is 9.97 Å². The Labute approximate surface area is 109 Å². The van der Waals surface area contributed by atoms with Crippen LogP contribution >= 0.6 is 11.3 Å². The molecule has 0 unspecified atom stereocenters. The van der Waals surface area contributed by atoms with Crippen molar-refractivity contribution in [2.24, 2.45) is 0 Å². The molecule has 18 heavy (non-hydrogen) atoms. The van der Waals surface area contributed by atoms with Gasteiger partial charge in [-0.05, 0) is 37.7 Å². The molecule has 0 bridgehead atoms. The van der Waals surface area contributed by atoms with E-state index >= 15 is 0 Å². The molecule has 1 atom stereocenters. The summed E-state index contributed by atoms with van der Waals surface area (Å²) in [5.41, 5.74) is 2.45. The molecule has 3 heterocycles. The second kappa shape index (κ2) is 3.51. The van der Waals surface area contributed by atoms with Crippen molar-refractivity contribution in [2.75, 3.05) is 0 Å². The molecule has 4 rings (SSSR count). The lowest BCUT2D eigenvalue weighted by molar-refractivity contribution is 0.602. The molecule has 3 aromatic rings. The van der Waals surface area contributed by atoms with Crippen molar-refractivity contribution in [3.8, 4) is 0 Å². The number of hydrogen-bond acceptors (Lipinski definition) is 4. The number of aryl methyl sites for hydroxylation is 2. The van der Waals surface area contributed by atoms with Gasteiger partial charge in [0.05, 0.1) is 5.39 Å². The van der Waals surface area contributed by atoms with E-state index in [9.17, 15) is 0 Å². The van der Waals surface area contributed by atoms with Gasteiger partial charge in [0.15, 0.2) is 5.65 Å². The van der Waals surface area contributed by atoms with Crippen molar-refractivity contribution >= 4 is 27.2 Å². The number of rotatable bonds is 0. The molecule has 92 valence electrons. The van der Waals surface area contributed by atoms with Gasteiger partial charge in [0.1, 0.15) is 17.0 Å². The summed E-state index contributed by atoms with van der Waals surface area (Å²) in [7, 11) is 0. The molecule has 0 radical (unpaired) electrons. The van der Waals surface area contributed by atoms with Crippen LogP contribution in [-0.4, -0.2) is 19.6 Å². The molecule has 0 aromatic carbocycles. The summed E-state index contributed by atoms with van der Waals surface area (Å²) in [5, 5.41) is 5.51. The number of nitrogens with zero attached hydrogens (tertiary/aromatic N) is 4. The van der Waals surface area contributed by atoms with Crippen LogP contribution in [0.4, 0.5) is 0 Å². The minimum Gasteiger partial charge on any atom is -0.222 e. The van der Waals surface area contributed by atoms with Gasteiger partial charge in [-0.15, -0.1) is 11.3 Å². The van der Waals surface area contributed by atoms with E-state index in [1.54, 1.807) is 6.33 Å². The van der Waals surface area contributed by atoms with Gasteiger partial charge in [-0.3, -0.25) is 0 Å². The predicted molar refractivity (Wildman–Crippen MR) is 72.3 cm³/mol. The van der Waals surface area contributed by atoms with E-state index < -0.39 is 0 Å². The average molecular weight is 258 g/mol. The summed E-state index contributed by atoms with van der Waals surface area (Å²) in [6, 6.07) is 0. The maximum atomic E-state index is 4.69. The summed E-state index contributed by atoms with van der Waals surface area (Å²) < 4.78 is 1.86. The summed E-state index contributed by atoms with van der Waals surface area (Å²) in [6.45, 7) is 4.31. The standard InChI is InChI=1S/C13H14N4S/c1-7-4-3-5-9-10(7)11-12-14-6-15-17(12)8(2)16-13(11)18-9/h6-7H,3-5H2,1-2H3/t7-/m0/s1. The first kappa shape index (κ1) is 10.4. The van der Waals surface area contributed by atoms with E-state index in [0.717, 1.165) is 16.3 Å². The lowest BCUT2D eigenvalue weighted by Gasteiger charge is -2.18. The molecule has 0 spiro atoms. The normalized spacial score (nSPS) is 19.6. The zero-order valence-electron chi connectivity index (χ0n) is 10.5. The smallest absolute Gasteiger partial charge is 0.167 e. The summed E-state index contributed by atoms with van der Waals surface area (Å²) in [6.07, 6.45) is 5.39. The number of hydrogen-bond donors (Lipinski definition) is 0. The lowest BCUT2D eigenvalue weighted by Crippen LogP contribution is -2.05. The maximum absolute atomic E-state index is 4.69. The molecule has 0 fully saturated rings. The van der Waals surface area contributed by atoms with Crippen LogP contribution in [0.3, 0.4) is 0 Å². The first-order valence-corrected chi connectivity index (χ1v) is 7.19. The van der Waals surface area contributed by atoms with Crippen LogP contribution in [-0.2, 0) is 6.42 Å². The number of aromatic nitrogens is 4. The lowest BCUT2D eigenvalue weighted by atomic mass is 9.87. The first-order valence-electron chi connectivity index (χ1n) is 6.37. The Morgan fingerprint density at radius 3 is 3.22 bits per heavy atom. The highest BCUT2D eigenvalue weighted by Crippen LogP contribution is 2.42. The van der Waals surface area contributed by atoms with Gasteiger partial charge in [0.25, 0.3) is 0 Å². The fourth-order valence-electron chi connectivity index (χ4n) is 3.04. The molecule has 3 aromatic heterocycles. The highest BCUT2D eigenvalue weighted by atomic mass is 32.1. The average Bonchev–Trinajstić information content (AvgIpc) is 2.92. The second-order valence-electron chi connectivity index (χ2n) is 5.07. The summed E-state index contributed by atoms with van der Waals surface area (Å²) in [4.78, 5) is 11.8. The van der Waals surface area contributed by atoms with Crippen LogP contribution in [0, 0.1) is 6.92 Å². The van der Waals surface area contributed by atoms with Crippen molar-refractivity contribution < 1.29 is 0 Å². The zero-order chi connectivity index (χ0) is 12.3. The largest absolute Gasteiger partial charge is 0.222 e. The van der Waals surface area contributed by atoms with Crippen LogP contribution in [0.15, 0.2) is 6.33 Å². The monoisotopic (exact) mass is 258 g/mol. The Kier molecular flexibility index (Phi) is 2.03. The van der Waals surface area contributed by atoms with Crippen molar-refractivity contribution in [3.63, 3.8) is 0 Å². The molecular formula is C13H14N4S. The third-order valence-electron chi connectivity index (χ3n) is 3.88. The topological polar surface area (TPSA) is 43.1 Å². The fourth-order valence-corrected chi connectivity index (χ4v) is 4.41. The van der Waals surface area contributed by atoms with Crippen molar-refractivity contribution in [3.05, 3.63) is 22.6 Å². The third-order valence-corrected chi connectivity index (χ3v) is 5.04. The van der Waals surface area contributed by atoms with Gasteiger partial charge in [0, 0.05) is 4.88 Å². The van der Waals surface area contributed by atoms with Crippen molar-refractivity contribution in [1.29, 1.82) is 0 Å². The van der Waals surface area contributed by atoms with E-state index in [2.05, 4.69) is 17.0 Å². The molecule has 0 amide bonds. The predicted octanol–water partition coefficient (Wildman–Crippen LogP) is 3.09. The minimum absolute atomic E-state index is 0.618. The quantitative estimate of drug-likeness (QED) is 0.622. The Morgan fingerprint density at radius 1 is 1.44 bits per heavy atom. The van der Waals surface area contributed by atoms with Crippen LogP contribution in [0.25, 0.3) is 15.9 Å². The van der Waals surface area contributed by atoms with E-state index in [1.807, 2.05) is 22.8 Å². The first-order chi connectivity index (χ1) is 8.75. The van der Waals surface area contributed by atoms with Crippen LogP contribution in [0.1, 0.15) is 41.9 Å². The van der Waals surface area contributed by atoms with E-state index in [1.165, 1.54) is 35.1 Å². The van der Waals surface area contributed by atoms with Gasteiger partial charge < -0.3 is 0 Å². The van der Waals surface area contributed by atoms with Crippen LogP contribution in [0.5, 0.6) is 0 Å². The SMILES string of the molecule is Cc1nc2sc3c(c2c2ncnn12)[C@@H](C)CCC3. The van der Waals surface area contributed by atoms with Crippen LogP contribution < -0.4 is 0 Å². The van der Waals surface area contributed by atoms with Gasteiger partial charge in [-0.1, -0.05) is 6.92 Å². The molecule has 0 saturated heterocycles. The molecule has 1 aliphatic rings. The highest BCUT2D eigenvalue weighted by Gasteiger charge is 2.25. The second-order valence-corrected chi connectivity index (χ2v) is 6.15. The van der Waals surface area contributed by atoms with Crippen molar-refractivity contribution in [1.82, 2.24) is 19.6 Å². The third kappa shape index (κ3) is 1.22. The number of thiophene rings is 1. The Morgan fingerprint density at radius 2 is 2.33 bits per heavy atom. The number of fused-ring (bicyclic) bond motifs is 5. The Hall–Kier alpha value is -1.49. The van der Waals surface area contributed by atoms with Gasteiger partial charge in [0.2, 0.25) is 0 Å². The van der Waals surface area contributed by atoms with E-state index in [-0.39, 0.29) is 0 Å². The zero-order valence-corrected chi connectivity index (χ0v) is 11.3. The summed E-state index contributed by atoms with van der Waals surface area (Å²) >= 11 is 1.84. The van der Waals surface area contributed by atoms with Crippen LogP contribution in [0.2, 0.25) is 0 Å². The molecule has 0 aliphatic heterocycles. The minimum atomic E-state index is 0.618. The fraction of sp³-hybridized carbons (Fsp3) is 0.462. The summed E-state index contributed by atoms with van der Waals surface area (Å²) in [5.74, 6) is 1.54. The maximum Gasteiger partial charge on any atom is 0.167 e. The van der Waals surface area contributed by atoms with Gasteiger partial charge in [-0.2, -0.15) is 9.61 Å². The Bertz CT molecular complexity index is 755. The van der Waals surface area contributed by atoms with E-state index in [4.69, 9.17) is 4.98 Å². The van der Waals surface area contributed by atoms with E-state index in [0.29, 0.717) is 5.92 Å². The molecule has 0 N–H and O–H groups in total. The molecule has 4 nitrogen and oxygen atoms in total. The Balaban J connectivity index is 2.22. The highest BCUT2D eigenvalue weighted by molar-refractivity contribution is 7.19. The molecular weight excluding hydrogens is 244 g/mol.